The molecule has 1 atom stereocenters. The molecule has 34 heavy (non-hydrogen) atoms. The zero-order chi connectivity index (χ0) is 24.0. The molecular formula is C26H29N3O4S. The third-order valence-corrected chi connectivity index (χ3v) is 7.96. The summed E-state index contributed by atoms with van der Waals surface area (Å²) in [5.41, 5.74) is 1.93. The van der Waals surface area contributed by atoms with Gasteiger partial charge < -0.3 is 10.1 Å². The molecule has 3 aromatic rings. The van der Waals surface area contributed by atoms with Crippen LogP contribution in [-0.2, 0) is 10.0 Å². The Kier molecular flexibility index (Phi) is 7.59. The number of aromatic nitrogens is 1. The lowest BCUT2D eigenvalue weighted by molar-refractivity contribution is 0.0939. The molecule has 7 nitrogen and oxygen atoms in total. The molecule has 1 unspecified atom stereocenters. The predicted octanol–water partition coefficient (Wildman–Crippen LogP) is 4.17. The first-order chi connectivity index (χ1) is 16.5. The fraction of sp³-hybridized carbons (Fsp3) is 0.308. The standard InChI is InChI=1S/C26H29N3O4S/c1-33-24-12-11-22(34(31,32)29-17-7-2-3-8-18-29)19-23(24)26(30)28-25(20-9-5-4-6-10-20)21-13-15-27-16-14-21/h4-6,9-16,19,25H,2-3,7-8,17-18H2,1H3,(H,28,30). The summed E-state index contributed by atoms with van der Waals surface area (Å²) in [6, 6.07) is 17.3. The summed E-state index contributed by atoms with van der Waals surface area (Å²) < 4.78 is 33.6. The van der Waals surface area contributed by atoms with Crippen LogP contribution in [0.2, 0.25) is 0 Å². The maximum atomic E-state index is 13.5. The van der Waals surface area contributed by atoms with Gasteiger partial charge in [0.2, 0.25) is 10.0 Å². The number of carbonyl (C=O) groups is 1. The summed E-state index contributed by atoms with van der Waals surface area (Å²) in [4.78, 5) is 17.6. The van der Waals surface area contributed by atoms with Gasteiger partial charge in [0.25, 0.3) is 5.91 Å². The first kappa shape index (κ1) is 23.9. The third kappa shape index (κ3) is 5.29. The molecule has 1 aromatic heterocycles. The summed E-state index contributed by atoms with van der Waals surface area (Å²) in [6.07, 6.45) is 7.08. The number of benzene rings is 2. The van der Waals surface area contributed by atoms with Crippen molar-refractivity contribution in [1.82, 2.24) is 14.6 Å². The number of pyridine rings is 1. The maximum absolute atomic E-state index is 13.5. The summed E-state index contributed by atoms with van der Waals surface area (Å²) in [7, 11) is -2.24. The van der Waals surface area contributed by atoms with Gasteiger partial charge in [-0.3, -0.25) is 9.78 Å². The molecule has 1 aliphatic rings. The second-order valence-corrected chi connectivity index (χ2v) is 10.2. The number of nitrogens with zero attached hydrogens (tertiary/aromatic N) is 2. The van der Waals surface area contributed by atoms with E-state index in [9.17, 15) is 13.2 Å². The van der Waals surface area contributed by atoms with Crippen LogP contribution in [0.5, 0.6) is 5.75 Å². The lowest BCUT2D eigenvalue weighted by Crippen LogP contribution is -2.33. The van der Waals surface area contributed by atoms with Crippen LogP contribution in [0.25, 0.3) is 0 Å². The van der Waals surface area contributed by atoms with Gasteiger partial charge in [-0.2, -0.15) is 4.31 Å². The van der Waals surface area contributed by atoms with E-state index in [4.69, 9.17) is 4.74 Å². The van der Waals surface area contributed by atoms with Crippen molar-refractivity contribution in [2.24, 2.45) is 0 Å². The third-order valence-electron chi connectivity index (χ3n) is 6.07. The molecule has 1 aliphatic heterocycles. The van der Waals surface area contributed by atoms with Crippen LogP contribution in [0, 0.1) is 0 Å². The van der Waals surface area contributed by atoms with Crippen molar-refractivity contribution < 1.29 is 17.9 Å². The fourth-order valence-corrected chi connectivity index (χ4v) is 5.77. The first-order valence-electron chi connectivity index (χ1n) is 11.4. The Balaban J connectivity index is 1.68. The molecule has 2 aromatic carbocycles. The van der Waals surface area contributed by atoms with E-state index >= 15 is 0 Å². The fourth-order valence-electron chi connectivity index (χ4n) is 4.23. The zero-order valence-electron chi connectivity index (χ0n) is 19.2. The number of rotatable bonds is 7. The van der Waals surface area contributed by atoms with Crippen molar-refractivity contribution in [2.45, 2.75) is 36.6 Å². The average molecular weight is 480 g/mol. The average Bonchev–Trinajstić information content (AvgIpc) is 3.18. The second kappa shape index (κ2) is 10.8. The molecule has 0 spiro atoms. The molecule has 0 saturated carbocycles. The number of carbonyl (C=O) groups excluding carboxylic acids is 1. The summed E-state index contributed by atoms with van der Waals surface area (Å²) in [5, 5.41) is 3.05. The predicted molar refractivity (Wildman–Crippen MR) is 130 cm³/mol. The zero-order valence-corrected chi connectivity index (χ0v) is 20.0. The lowest BCUT2D eigenvalue weighted by Gasteiger charge is -2.22. The van der Waals surface area contributed by atoms with Crippen LogP contribution in [0.1, 0.15) is 53.2 Å². The van der Waals surface area contributed by atoms with Gasteiger partial charge >= 0.3 is 0 Å². The molecule has 2 heterocycles. The highest BCUT2D eigenvalue weighted by Crippen LogP contribution is 2.28. The minimum atomic E-state index is -3.71. The number of hydrogen-bond acceptors (Lipinski definition) is 5. The minimum absolute atomic E-state index is 0.0977. The molecular weight excluding hydrogens is 450 g/mol. The molecule has 0 bridgehead atoms. The number of amides is 1. The number of nitrogens with one attached hydrogen (secondary N) is 1. The van der Waals surface area contributed by atoms with Gasteiger partial charge in [0, 0.05) is 25.5 Å². The van der Waals surface area contributed by atoms with Gasteiger partial charge in [-0.1, -0.05) is 43.2 Å². The topological polar surface area (TPSA) is 88.6 Å². The van der Waals surface area contributed by atoms with Gasteiger partial charge in [0.1, 0.15) is 5.75 Å². The number of ether oxygens (including phenoxy) is 1. The quantitative estimate of drug-likeness (QED) is 0.549. The van der Waals surface area contributed by atoms with E-state index in [-0.39, 0.29) is 10.5 Å². The summed E-state index contributed by atoms with van der Waals surface area (Å²) in [6.45, 7) is 0.988. The van der Waals surface area contributed by atoms with E-state index in [0.29, 0.717) is 18.8 Å². The Hall–Kier alpha value is -3.23. The van der Waals surface area contributed by atoms with Crippen LogP contribution in [0.3, 0.4) is 0 Å². The largest absolute Gasteiger partial charge is 0.496 e. The number of hydrogen-bond donors (Lipinski definition) is 1. The highest BCUT2D eigenvalue weighted by Gasteiger charge is 2.28. The SMILES string of the molecule is COc1ccc(S(=O)(=O)N2CCCCCC2)cc1C(=O)NC(c1ccccc1)c1ccncc1. The van der Waals surface area contributed by atoms with Crippen LogP contribution in [0.15, 0.2) is 78.0 Å². The first-order valence-corrected chi connectivity index (χ1v) is 12.9. The molecule has 178 valence electrons. The molecule has 8 heteroatoms. The Morgan fingerprint density at radius 2 is 1.59 bits per heavy atom. The summed E-state index contributed by atoms with van der Waals surface area (Å²) in [5.74, 6) is -0.107. The molecule has 1 saturated heterocycles. The molecule has 1 fully saturated rings. The van der Waals surface area contributed by atoms with Crippen molar-refractivity contribution in [3.63, 3.8) is 0 Å². The molecule has 1 amide bonds. The van der Waals surface area contributed by atoms with Gasteiger partial charge in [-0.25, -0.2) is 8.42 Å². The Labute approximate surface area is 200 Å². The van der Waals surface area contributed by atoms with Gasteiger partial charge in [0.15, 0.2) is 0 Å². The lowest BCUT2D eigenvalue weighted by atomic mass is 9.99. The Morgan fingerprint density at radius 1 is 0.941 bits per heavy atom. The van der Waals surface area contributed by atoms with Crippen LogP contribution < -0.4 is 10.1 Å². The smallest absolute Gasteiger partial charge is 0.255 e. The van der Waals surface area contributed by atoms with E-state index in [1.54, 1.807) is 18.5 Å². The second-order valence-electron chi connectivity index (χ2n) is 8.28. The highest BCUT2D eigenvalue weighted by atomic mass is 32.2. The Bertz CT molecular complexity index is 1170. The van der Waals surface area contributed by atoms with E-state index in [0.717, 1.165) is 36.8 Å². The van der Waals surface area contributed by atoms with E-state index in [2.05, 4.69) is 10.3 Å². The van der Waals surface area contributed by atoms with Crippen molar-refractivity contribution >= 4 is 15.9 Å². The molecule has 0 radical (unpaired) electrons. The van der Waals surface area contributed by atoms with Crippen molar-refractivity contribution in [2.75, 3.05) is 20.2 Å². The van der Waals surface area contributed by atoms with Crippen LogP contribution in [-0.4, -0.2) is 43.8 Å². The number of sulfonamides is 1. The van der Waals surface area contributed by atoms with Crippen LogP contribution in [0.4, 0.5) is 0 Å². The van der Waals surface area contributed by atoms with Crippen molar-refractivity contribution in [1.29, 1.82) is 0 Å². The number of methoxy groups -OCH3 is 1. The van der Waals surface area contributed by atoms with Gasteiger partial charge in [-0.05, 0) is 54.3 Å². The van der Waals surface area contributed by atoms with Gasteiger partial charge in [-0.15, -0.1) is 0 Å². The monoisotopic (exact) mass is 479 g/mol. The summed E-state index contributed by atoms with van der Waals surface area (Å²) >= 11 is 0. The highest BCUT2D eigenvalue weighted by molar-refractivity contribution is 7.89. The van der Waals surface area contributed by atoms with Crippen molar-refractivity contribution in [3.8, 4) is 5.75 Å². The van der Waals surface area contributed by atoms with E-state index in [1.807, 2.05) is 42.5 Å². The maximum Gasteiger partial charge on any atom is 0.255 e. The van der Waals surface area contributed by atoms with Crippen LogP contribution >= 0.6 is 0 Å². The molecule has 1 N–H and O–H groups in total. The molecule has 4 rings (SSSR count). The molecule has 0 aliphatic carbocycles. The van der Waals surface area contributed by atoms with E-state index in [1.165, 1.54) is 23.5 Å². The Morgan fingerprint density at radius 3 is 2.24 bits per heavy atom. The van der Waals surface area contributed by atoms with Gasteiger partial charge in [0.05, 0.1) is 23.6 Å². The minimum Gasteiger partial charge on any atom is -0.496 e. The van der Waals surface area contributed by atoms with E-state index < -0.39 is 22.0 Å². The normalized spacial score (nSPS) is 15.8. The van der Waals surface area contributed by atoms with Crippen molar-refractivity contribution in [3.05, 3.63) is 89.7 Å².